The van der Waals surface area contributed by atoms with Crippen molar-refractivity contribution in [2.45, 2.75) is 13.8 Å². The SMILES string of the molecule is Cc1ccc(C)c(NC(=O)Nc2ccc([N+](=O)[O-])cc2O)c1. The Morgan fingerprint density at radius 2 is 1.77 bits per heavy atom. The second-order valence-corrected chi connectivity index (χ2v) is 4.86. The Morgan fingerprint density at radius 1 is 1.09 bits per heavy atom. The van der Waals surface area contributed by atoms with Crippen LogP contribution in [-0.2, 0) is 0 Å². The molecule has 0 aliphatic heterocycles. The van der Waals surface area contributed by atoms with Crippen molar-refractivity contribution in [1.82, 2.24) is 0 Å². The molecule has 0 unspecified atom stereocenters. The molecule has 0 bridgehead atoms. The lowest BCUT2D eigenvalue weighted by Crippen LogP contribution is -2.20. The minimum absolute atomic E-state index is 0.0911. The van der Waals surface area contributed by atoms with Gasteiger partial charge in [0, 0.05) is 11.8 Å². The smallest absolute Gasteiger partial charge is 0.323 e. The van der Waals surface area contributed by atoms with Gasteiger partial charge in [-0.1, -0.05) is 12.1 Å². The molecule has 0 fully saturated rings. The number of hydrogen-bond donors (Lipinski definition) is 3. The number of nitrogens with zero attached hydrogens (tertiary/aromatic N) is 1. The Kier molecular flexibility index (Phi) is 4.26. The summed E-state index contributed by atoms with van der Waals surface area (Å²) in [5, 5.41) is 25.4. The number of amides is 2. The van der Waals surface area contributed by atoms with E-state index in [0.29, 0.717) is 5.69 Å². The van der Waals surface area contributed by atoms with Crippen LogP contribution >= 0.6 is 0 Å². The number of nitro benzene ring substituents is 1. The van der Waals surface area contributed by atoms with Crippen LogP contribution in [-0.4, -0.2) is 16.1 Å². The quantitative estimate of drug-likeness (QED) is 0.458. The first-order valence-electron chi connectivity index (χ1n) is 6.49. The number of non-ortho nitro benzene ring substituents is 1. The first-order valence-corrected chi connectivity index (χ1v) is 6.49. The molecular formula is C15H15N3O4. The molecule has 2 aromatic rings. The monoisotopic (exact) mass is 301 g/mol. The maximum atomic E-state index is 11.9. The third-order valence-corrected chi connectivity index (χ3v) is 3.08. The van der Waals surface area contributed by atoms with Crippen LogP contribution in [0.2, 0.25) is 0 Å². The number of phenols is 1. The summed E-state index contributed by atoms with van der Waals surface area (Å²) in [4.78, 5) is 21.9. The predicted octanol–water partition coefficient (Wildman–Crippen LogP) is 3.56. The van der Waals surface area contributed by atoms with Gasteiger partial charge in [0.15, 0.2) is 0 Å². The van der Waals surface area contributed by atoms with E-state index in [0.717, 1.165) is 17.2 Å². The maximum absolute atomic E-state index is 11.9. The second-order valence-electron chi connectivity index (χ2n) is 4.86. The molecule has 0 saturated carbocycles. The Bertz CT molecular complexity index is 744. The summed E-state index contributed by atoms with van der Waals surface area (Å²) in [6.07, 6.45) is 0. The number of carbonyl (C=O) groups is 1. The van der Waals surface area contributed by atoms with E-state index in [4.69, 9.17) is 0 Å². The van der Waals surface area contributed by atoms with Crippen molar-refractivity contribution in [1.29, 1.82) is 0 Å². The van der Waals surface area contributed by atoms with E-state index in [2.05, 4.69) is 10.6 Å². The molecule has 0 saturated heterocycles. The molecule has 7 nitrogen and oxygen atoms in total. The number of carbonyl (C=O) groups excluding carboxylic acids is 1. The highest BCUT2D eigenvalue weighted by atomic mass is 16.6. The van der Waals surface area contributed by atoms with Gasteiger partial charge in [-0.2, -0.15) is 0 Å². The summed E-state index contributed by atoms with van der Waals surface area (Å²) in [5.41, 5.74) is 2.39. The van der Waals surface area contributed by atoms with Gasteiger partial charge < -0.3 is 15.7 Å². The topological polar surface area (TPSA) is 104 Å². The van der Waals surface area contributed by atoms with Crippen molar-refractivity contribution in [3.8, 4) is 5.75 Å². The van der Waals surface area contributed by atoms with Crippen LogP contribution in [0.15, 0.2) is 36.4 Å². The minimum atomic E-state index is -0.625. The average Bonchev–Trinajstić information content (AvgIpc) is 2.45. The lowest BCUT2D eigenvalue weighted by atomic mass is 10.1. The van der Waals surface area contributed by atoms with Crippen LogP contribution < -0.4 is 10.6 Å². The largest absolute Gasteiger partial charge is 0.506 e. The minimum Gasteiger partial charge on any atom is -0.506 e. The first-order chi connectivity index (χ1) is 10.4. The lowest BCUT2D eigenvalue weighted by Gasteiger charge is -2.11. The highest BCUT2D eigenvalue weighted by Crippen LogP contribution is 2.28. The van der Waals surface area contributed by atoms with Crippen LogP contribution in [0.1, 0.15) is 11.1 Å². The molecule has 114 valence electrons. The molecule has 0 heterocycles. The Balaban J connectivity index is 2.12. The zero-order chi connectivity index (χ0) is 16.3. The van der Waals surface area contributed by atoms with Crippen molar-refractivity contribution >= 4 is 23.1 Å². The van der Waals surface area contributed by atoms with Crippen molar-refractivity contribution < 1.29 is 14.8 Å². The molecule has 0 spiro atoms. The number of nitro groups is 1. The summed E-state index contributed by atoms with van der Waals surface area (Å²) >= 11 is 0. The van der Waals surface area contributed by atoms with Crippen LogP contribution in [0.4, 0.5) is 21.9 Å². The second kappa shape index (κ2) is 6.13. The number of benzene rings is 2. The summed E-state index contributed by atoms with van der Waals surface area (Å²) in [7, 11) is 0. The zero-order valence-electron chi connectivity index (χ0n) is 12.1. The molecule has 2 rings (SSSR count). The summed E-state index contributed by atoms with van der Waals surface area (Å²) in [5.74, 6) is -0.370. The molecular weight excluding hydrogens is 286 g/mol. The Hall–Kier alpha value is -3.09. The van der Waals surface area contributed by atoms with Crippen molar-refractivity contribution in [3.63, 3.8) is 0 Å². The van der Waals surface area contributed by atoms with Gasteiger partial charge in [0.1, 0.15) is 5.75 Å². The number of phenolic OH excluding ortho intramolecular Hbond substituents is 1. The summed E-state index contributed by atoms with van der Waals surface area (Å²) < 4.78 is 0. The van der Waals surface area contributed by atoms with Crippen LogP contribution in [0.25, 0.3) is 0 Å². The van der Waals surface area contributed by atoms with Gasteiger partial charge in [-0.3, -0.25) is 10.1 Å². The third kappa shape index (κ3) is 3.51. The van der Waals surface area contributed by atoms with Gasteiger partial charge in [-0.05, 0) is 37.1 Å². The van der Waals surface area contributed by atoms with Gasteiger partial charge in [0.05, 0.1) is 16.7 Å². The third-order valence-electron chi connectivity index (χ3n) is 3.08. The molecule has 0 radical (unpaired) electrons. The number of anilines is 2. The van der Waals surface area contributed by atoms with E-state index in [1.807, 2.05) is 32.0 Å². The number of aryl methyl sites for hydroxylation is 2. The molecule has 0 aromatic heterocycles. The Morgan fingerprint density at radius 3 is 2.41 bits per heavy atom. The van der Waals surface area contributed by atoms with Gasteiger partial charge in [0.2, 0.25) is 0 Å². The molecule has 2 amide bonds. The summed E-state index contributed by atoms with van der Waals surface area (Å²) in [6.45, 7) is 3.77. The Labute approximate surface area is 126 Å². The standard InChI is InChI=1S/C15H15N3O4/c1-9-3-4-10(2)13(7-9)17-15(20)16-12-6-5-11(18(21)22)8-14(12)19/h3-8,19H,1-2H3,(H2,16,17,20). The van der Waals surface area contributed by atoms with E-state index in [9.17, 15) is 20.0 Å². The van der Waals surface area contributed by atoms with Crippen LogP contribution in [0.5, 0.6) is 5.75 Å². The number of aromatic hydroxyl groups is 1. The number of rotatable bonds is 3. The van der Waals surface area contributed by atoms with Gasteiger partial charge in [0.25, 0.3) is 5.69 Å². The van der Waals surface area contributed by atoms with E-state index in [1.54, 1.807) is 0 Å². The first kappa shape index (κ1) is 15.3. The van der Waals surface area contributed by atoms with Gasteiger partial charge in [-0.25, -0.2) is 4.79 Å². The normalized spacial score (nSPS) is 10.1. The predicted molar refractivity (Wildman–Crippen MR) is 83.3 cm³/mol. The highest BCUT2D eigenvalue weighted by Gasteiger charge is 2.12. The van der Waals surface area contributed by atoms with E-state index in [-0.39, 0.29) is 17.1 Å². The van der Waals surface area contributed by atoms with E-state index < -0.39 is 11.0 Å². The van der Waals surface area contributed by atoms with Crippen LogP contribution in [0.3, 0.4) is 0 Å². The fraction of sp³-hybridized carbons (Fsp3) is 0.133. The van der Waals surface area contributed by atoms with E-state index >= 15 is 0 Å². The summed E-state index contributed by atoms with van der Waals surface area (Å²) in [6, 6.07) is 8.55. The number of urea groups is 1. The van der Waals surface area contributed by atoms with Gasteiger partial charge in [-0.15, -0.1) is 0 Å². The zero-order valence-corrected chi connectivity index (χ0v) is 12.1. The maximum Gasteiger partial charge on any atom is 0.323 e. The molecule has 0 atom stereocenters. The molecule has 2 aromatic carbocycles. The lowest BCUT2D eigenvalue weighted by molar-refractivity contribution is -0.384. The van der Waals surface area contributed by atoms with Crippen molar-refractivity contribution in [3.05, 3.63) is 57.6 Å². The van der Waals surface area contributed by atoms with Crippen LogP contribution in [0, 0.1) is 24.0 Å². The molecule has 7 heteroatoms. The fourth-order valence-electron chi connectivity index (χ4n) is 1.89. The number of nitrogens with one attached hydrogen (secondary N) is 2. The molecule has 3 N–H and O–H groups in total. The van der Waals surface area contributed by atoms with Gasteiger partial charge >= 0.3 is 6.03 Å². The molecule has 0 aliphatic rings. The van der Waals surface area contributed by atoms with Crippen molar-refractivity contribution in [2.75, 3.05) is 10.6 Å². The van der Waals surface area contributed by atoms with E-state index in [1.165, 1.54) is 12.1 Å². The molecule has 0 aliphatic carbocycles. The molecule has 22 heavy (non-hydrogen) atoms. The highest BCUT2D eigenvalue weighted by molar-refractivity contribution is 6.01. The van der Waals surface area contributed by atoms with Crippen molar-refractivity contribution in [2.24, 2.45) is 0 Å². The average molecular weight is 301 g/mol. The fourth-order valence-corrected chi connectivity index (χ4v) is 1.89. The number of hydrogen-bond acceptors (Lipinski definition) is 4.